The Hall–Kier alpha value is -3.06. The van der Waals surface area contributed by atoms with E-state index in [-0.39, 0.29) is 23.8 Å². The summed E-state index contributed by atoms with van der Waals surface area (Å²) in [6.07, 6.45) is 4.35. The molecule has 1 atom stereocenters. The van der Waals surface area contributed by atoms with Crippen molar-refractivity contribution in [3.8, 4) is 0 Å². The Morgan fingerprint density at radius 2 is 1.54 bits per heavy atom. The van der Waals surface area contributed by atoms with Crippen LogP contribution in [-0.4, -0.2) is 59.9 Å². The van der Waals surface area contributed by atoms with Crippen LogP contribution in [0.3, 0.4) is 0 Å². The van der Waals surface area contributed by atoms with Crippen LogP contribution >= 0.6 is 11.6 Å². The highest BCUT2D eigenvalue weighted by molar-refractivity contribution is 6.33. The van der Waals surface area contributed by atoms with Gasteiger partial charge in [-0.3, -0.25) is 9.59 Å². The molecule has 2 saturated heterocycles. The summed E-state index contributed by atoms with van der Waals surface area (Å²) in [5.41, 5.74) is 2.25. The largest absolute Gasteiger partial charge is 0.341 e. The molecule has 0 spiro atoms. The van der Waals surface area contributed by atoms with Gasteiger partial charge in [-0.25, -0.2) is 4.79 Å². The first-order valence-electron chi connectivity index (χ1n) is 12.4. The van der Waals surface area contributed by atoms with Crippen molar-refractivity contribution in [1.29, 1.82) is 0 Å². The Morgan fingerprint density at radius 3 is 2.20 bits per heavy atom. The maximum absolute atomic E-state index is 13.5. The van der Waals surface area contributed by atoms with Crippen molar-refractivity contribution in [1.82, 2.24) is 15.1 Å². The zero-order chi connectivity index (χ0) is 24.8. The fraction of sp³-hybridized carbons (Fsp3) is 0.444. The van der Waals surface area contributed by atoms with Crippen LogP contribution in [0.1, 0.15) is 48.0 Å². The van der Waals surface area contributed by atoms with Crippen molar-refractivity contribution in [2.45, 2.75) is 45.1 Å². The fourth-order valence-electron chi connectivity index (χ4n) is 4.83. The van der Waals surface area contributed by atoms with Crippen LogP contribution in [0.5, 0.6) is 0 Å². The summed E-state index contributed by atoms with van der Waals surface area (Å²) >= 11 is 6.24. The molecular formula is C27H33ClN4O3. The second-order valence-corrected chi connectivity index (χ2v) is 9.84. The Balaban J connectivity index is 1.42. The molecule has 8 heteroatoms. The normalized spacial score (nSPS) is 17.5. The number of amides is 4. The molecule has 2 heterocycles. The minimum absolute atomic E-state index is 0.0346. The summed E-state index contributed by atoms with van der Waals surface area (Å²) in [4.78, 5) is 43.0. The average molecular weight is 497 g/mol. The summed E-state index contributed by atoms with van der Waals surface area (Å²) in [5, 5.41) is 6.30. The van der Waals surface area contributed by atoms with Gasteiger partial charge in [0.05, 0.1) is 10.6 Å². The van der Waals surface area contributed by atoms with Crippen molar-refractivity contribution >= 4 is 35.1 Å². The van der Waals surface area contributed by atoms with Crippen LogP contribution in [0.2, 0.25) is 5.02 Å². The highest BCUT2D eigenvalue weighted by Crippen LogP contribution is 2.25. The van der Waals surface area contributed by atoms with Crippen molar-refractivity contribution in [2.75, 3.05) is 31.5 Å². The Labute approximate surface area is 211 Å². The van der Waals surface area contributed by atoms with Gasteiger partial charge in [0.15, 0.2) is 0 Å². The molecule has 2 aromatic carbocycles. The van der Waals surface area contributed by atoms with Gasteiger partial charge in [0.1, 0.15) is 6.04 Å². The topological polar surface area (TPSA) is 81.8 Å². The third kappa shape index (κ3) is 6.34. The van der Waals surface area contributed by atoms with Crippen molar-refractivity contribution in [2.24, 2.45) is 5.92 Å². The third-order valence-electron chi connectivity index (χ3n) is 6.94. The number of nitrogens with one attached hydrogen (secondary N) is 2. The van der Waals surface area contributed by atoms with Gasteiger partial charge in [0.2, 0.25) is 5.91 Å². The second-order valence-electron chi connectivity index (χ2n) is 9.44. The number of carbonyl (C=O) groups is 3. The summed E-state index contributed by atoms with van der Waals surface area (Å²) < 4.78 is 0. The molecule has 0 aliphatic carbocycles. The second kappa shape index (κ2) is 11.6. The molecule has 7 nitrogen and oxygen atoms in total. The molecule has 2 aliphatic heterocycles. The molecule has 0 bridgehead atoms. The van der Waals surface area contributed by atoms with Crippen molar-refractivity contribution in [3.63, 3.8) is 0 Å². The maximum Gasteiger partial charge on any atom is 0.321 e. The molecule has 0 unspecified atom stereocenters. The van der Waals surface area contributed by atoms with E-state index in [0.717, 1.165) is 43.6 Å². The van der Waals surface area contributed by atoms with Crippen LogP contribution in [-0.2, 0) is 4.79 Å². The van der Waals surface area contributed by atoms with Crippen LogP contribution < -0.4 is 10.6 Å². The van der Waals surface area contributed by atoms with E-state index in [1.54, 1.807) is 29.2 Å². The van der Waals surface area contributed by atoms with Crippen LogP contribution in [0.25, 0.3) is 0 Å². The lowest BCUT2D eigenvalue weighted by Gasteiger charge is -2.38. The van der Waals surface area contributed by atoms with E-state index in [2.05, 4.69) is 10.6 Å². The van der Waals surface area contributed by atoms with Gasteiger partial charge >= 0.3 is 6.03 Å². The molecule has 0 saturated carbocycles. The van der Waals surface area contributed by atoms with E-state index in [4.69, 9.17) is 11.6 Å². The number of aryl methyl sites for hydroxylation is 1. The third-order valence-corrected chi connectivity index (χ3v) is 7.27. The molecule has 0 aromatic heterocycles. The number of hydrogen-bond acceptors (Lipinski definition) is 3. The first kappa shape index (κ1) is 25.0. The first-order chi connectivity index (χ1) is 16.9. The summed E-state index contributed by atoms with van der Waals surface area (Å²) in [7, 11) is 0. The minimum atomic E-state index is -0.640. The molecule has 2 aliphatic rings. The smallest absolute Gasteiger partial charge is 0.321 e. The molecular weight excluding hydrogens is 464 g/mol. The zero-order valence-corrected chi connectivity index (χ0v) is 20.9. The SMILES string of the molecule is Cc1ccc(NC(=O)N2CCC([C@H](NC(=O)c3ccccc3Cl)C(=O)N3CCCCC3)CC2)cc1. The highest BCUT2D eigenvalue weighted by atomic mass is 35.5. The summed E-state index contributed by atoms with van der Waals surface area (Å²) in [6.45, 7) is 4.48. The first-order valence-corrected chi connectivity index (χ1v) is 12.8. The van der Waals surface area contributed by atoms with E-state index in [1.165, 1.54) is 0 Å². The minimum Gasteiger partial charge on any atom is -0.341 e. The lowest BCUT2D eigenvalue weighted by Crippen LogP contribution is -2.55. The quantitative estimate of drug-likeness (QED) is 0.629. The van der Waals surface area contributed by atoms with E-state index in [1.807, 2.05) is 36.1 Å². The van der Waals surface area contributed by atoms with Crippen LogP contribution in [0, 0.1) is 12.8 Å². The van der Waals surface area contributed by atoms with Gasteiger partial charge < -0.3 is 20.4 Å². The molecule has 2 aromatic rings. The highest BCUT2D eigenvalue weighted by Gasteiger charge is 2.36. The molecule has 0 radical (unpaired) electrons. The Kier molecular flexibility index (Phi) is 8.29. The van der Waals surface area contributed by atoms with Gasteiger partial charge in [0, 0.05) is 31.9 Å². The number of urea groups is 1. The Morgan fingerprint density at radius 1 is 0.886 bits per heavy atom. The van der Waals surface area contributed by atoms with Gasteiger partial charge in [-0.05, 0) is 69.2 Å². The fourth-order valence-corrected chi connectivity index (χ4v) is 5.05. The maximum atomic E-state index is 13.5. The number of rotatable bonds is 5. The number of benzene rings is 2. The number of nitrogens with zero attached hydrogens (tertiary/aromatic N) is 2. The molecule has 2 fully saturated rings. The standard InChI is InChI=1S/C27H33ClN4O3/c1-19-9-11-21(12-10-19)29-27(35)32-17-13-20(14-18-32)24(26(34)31-15-5-2-6-16-31)30-25(33)22-7-3-4-8-23(22)28/h3-4,7-12,20,24H,2,5-6,13-18H2,1H3,(H,29,35)(H,30,33)/t24-/m0/s1. The number of halogens is 1. The van der Waals surface area contributed by atoms with E-state index in [9.17, 15) is 14.4 Å². The molecule has 35 heavy (non-hydrogen) atoms. The number of likely N-dealkylation sites (tertiary alicyclic amines) is 2. The number of anilines is 1. The molecule has 2 N–H and O–H groups in total. The van der Waals surface area contributed by atoms with Crippen LogP contribution in [0.15, 0.2) is 48.5 Å². The van der Waals surface area contributed by atoms with Gasteiger partial charge in [-0.2, -0.15) is 0 Å². The lowest BCUT2D eigenvalue weighted by atomic mass is 9.88. The number of piperidine rings is 2. The van der Waals surface area contributed by atoms with Gasteiger partial charge in [-0.1, -0.05) is 41.4 Å². The van der Waals surface area contributed by atoms with Gasteiger partial charge in [-0.15, -0.1) is 0 Å². The predicted molar refractivity (Wildman–Crippen MR) is 138 cm³/mol. The van der Waals surface area contributed by atoms with Crippen LogP contribution in [0.4, 0.5) is 10.5 Å². The van der Waals surface area contributed by atoms with Crippen molar-refractivity contribution in [3.05, 3.63) is 64.7 Å². The van der Waals surface area contributed by atoms with E-state index >= 15 is 0 Å². The Bertz CT molecular complexity index is 1040. The van der Waals surface area contributed by atoms with Crippen molar-refractivity contribution < 1.29 is 14.4 Å². The van der Waals surface area contributed by atoms with E-state index < -0.39 is 6.04 Å². The van der Waals surface area contributed by atoms with Gasteiger partial charge in [0.25, 0.3) is 5.91 Å². The number of carbonyl (C=O) groups excluding carboxylic acids is 3. The average Bonchev–Trinajstić information content (AvgIpc) is 2.89. The number of hydrogen-bond donors (Lipinski definition) is 2. The lowest BCUT2D eigenvalue weighted by molar-refractivity contribution is -0.136. The molecule has 4 amide bonds. The van der Waals surface area contributed by atoms with E-state index in [0.29, 0.717) is 36.5 Å². The monoisotopic (exact) mass is 496 g/mol. The summed E-state index contributed by atoms with van der Waals surface area (Å²) in [5.74, 6) is -0.433. The zero-order valence-electron chi connectivity index (χ0n) is 20.1. The summed E-state index contributed by atoms with van der Waals surface area (Å²) in [6, 6.07) is 13.8. The molecule has 4 rings (SSSR count). The predicted octanol–water partition coefficient (Wildman–Crippen LogP) is 4.70. The molecule has 186 valence electrons.